The zero-order valence-electron chi connectivity index (χ0n) is 10.5. The predicted molar refractivity (Wildman–Crippen MR) is 79.1 cm³/mol. The summed E-state index contributed by atoms with van der Waals surface area (Å²) in [4.78, 5) is 15.1. The van der Waals surface area contributed by atoms with Gasteiger partial charge < -0.3 is 0 Å². The number of carbonyl (C=O) groups excluding carboxylic acids is 1. The van der Waals surface area contributed by atoms with E-state index in [1.165, 1.54) is 15.2 Å². The molecule has 2 aromatic rings. The molecule has 19 heavy (non-hydrogen) atoms. The summed E-state index contributed by atoms with van der Waals surface area (Å²) in [6, 6.07) is 0. The van der Waals surface area contributed by atoms with Gasteiger partial charge in [0.05, 0.1) is 22.4 Å². The molecule has 3 rings (SSSR count). The van der Waals surface area contributed by atoms with Crippen LogP contribution in [0.15, 0.2) is 22.2 Å². The third-order valence-corrected chi connectivity index (χ3v) is 4.87. The molecular weight excluding hydrogens is 326 g/mol. The average molecular weight is 340 g/mol. The Labute approximate surface area is 123 Å². The Morgan fingerprint density at radius 3 is 3.21 bits per heavy atom. The summed E-state index contributed by atoms with van der Waals surface area (Å²) in [5, 5.41) is 6.00. The summed E-state index contributed by atoms with van der Waals surface area (Å²) < 4.78 is 0.842. The van der Waals surface area contributed by atoms with Gasteiger partial charge in [-0.15, -0.1) is 11.3 Å². The highest BCUT2D eigenvalue weighted by atomic mass is 79.9. The number of nitrogens with zero attached hydrogens (tertiary/aromatic N) is 2. The van der Waals surface area contributed by atoms with Crippen LogP contribution in [0.2, 0.25) is 0 Å². The first-order valence-corrected chi connectivity index (χ1v) is 7.91. The fourth-order valence-corrected chi connectivity index (χ4v) is 3.92. The molecule has 0 spiro atoms. The zero-order chi connectivity index (χ0) is 13.4. The summed E-state index contributed by atoms with van der Waals surface area (Å²) in [6.45, 7) is 2.27. The molecule has 0 radical (unpaired) electrons. The van der Waals surface area contributed by atoms with Crippen molar-refractivity contribution in [3.8, 4) is 0 Å². The Bertz CT molecular complexity index is 619. The van der Waals surface area contributed by atoms with Gasteiger partial charge in [0.1, 0.15) is 0 Å². The number of nitrogens with one attached hydrogen (secondary N) is 1. The molecule has 0 saturated carbocycles. The molecule has 100 valence electrons. The van der Waals surface area contributed by atoms with E-state index in [9.17, 15) is 4.79 Å². The highest BCUT2D eigenvalue weighted by molar-refractivity contribution is 9.10. The van der Waals surface area contributed by atoms with Crippen molar-refractivity contribution in [2.45, 2.75) is 26.2 Å². The van der Waals surface area contributed by atoms with E-state index >= 15 is 0 Å². The molecule has 1 aliphatic rings. The van der Waals surface area contributed by atoms with Gasteiger partial charge in [-0.25, -0.2) is 5.43 Å². The van der Waals surface area contributed by atoms with Gasteiger partial charge in [-0.3, -0.25) is 4.79 Å². The first kappa shape index (κ1) is 12.9. The van der Waals surface area contributed by atoms with Crippen molar-refractivity contribution in [2.24, 2.45) is 5.92 Å². The van der Waals surface area contributed by atoms with Crippen LogP contribution in [-0.2, 0) is 12.8 Å². The molecule has 6 heteroatoms. The fraction of sp³-hybridized carbons (Fsp3) is 0.385. The maximum absolute atomic E-state index is 12.3. The van der Waals surface area contributed by atoms with Crippen LogP contribution < -0.4 is 5.43 Å². The van der Waals surface area contributed by atoms with Gasteiger partial charge in [0, 0.05) is 10.3 Å². The predicted octanol–water partition coefficient (Wildman–Crippen LogP) is 3.22. The van der Waals surface area contributed by atoms with E-state index in [1.807, 2.05) is 5.38 Å². The number of thiophene rings is 1. The van der Waals surface area contributed by atoms with Gasteiger partial charge in [0.25, 0.3) is 5.91 Å². The van der Waals surface area contributed by atoms with Crippen LogP contribution >= 0.6 is 27.3 Å². The van der Waals surface area contributed by atoms with Crippen LogP contribution in [0.3, 0.4) is 0 Å². The lowest BCUT2D eigenvalue weighted by atomic mass is 9.88. The lowest BCUT2D eigenvalue weighted by molar-refractivity contribution is 0.100. The number of halogens is 1. The second-order valence-corrected chi connectivity index (χ2v) is 6.82. The average Bonchev–Trinajstić information content (AvgIpc) is 2.95. The van der Waals surface area contributed by atoms with Crippen LogP contribution in [0.1, 0.15) is 34.1 Å². The van der Waals surface area contributed by atoms with Crippen molar-refractivity contribution in [1.29, 1.82) is 0 Å². The van der Waals surface area contributed by atoms with Gasteiger partial charge in [0.15, 0.2) is 0 Å². The highest BCUT2D eigenvalue weighted by Gasteiger charge is 2.23. The summed E-state index contributed by atoms with van der Waals surface area (Å²) in [5.74, 6) is 0.645. The Morgan fingerprint density at radius 1 is 1.63 bits per heavy atom. The van der Waals surface area contributed by atoms with Crippen molar-refractivity contribution < 1.29 is 4.79 Å². The molecule has 4 nitrogen and oxygen atoms in total. The molecule has 1 aliphatic carbocycles. The van der Waals surface area contributed by atoms with Crippen molar-refractivity contribution in [3.05, 3.63) is 38.3 Å². The largest absolute Gasteiger partial charge is 0.272 e. The van der Waals surface area contributed by atoms with E-state index in [0.717, 1.165) is 35.2 Å². The maximum Gasteiger partial charge on any atom is 0.272 e. The Hall–Kier alpha value is -1.14. The topological polar surface area (TPSA) is 46.9 Å². The van der Waals surface area contributed by atoms with E-state index in [-0.39, 0.29) is 5.91 Å². The minimum Gasteiger partial charge on any atom is -0.267 e. The molecule has 2 aromatic heterocycles. The normalized spacial score (nSPS) is 18.1. The number of amides is 1. The molecule has 0 fully saturated rings. The lowest BCUT2D eigenvalue weighted by Gasteiger charge is -2.18. The molecule has 0 bridgehead atoms. The Balaban J connectivity index is 1.81. The number of fused-ring (bicyclic) bond motifs is 1. The summed E-state index contributed by atoms with van der Waals surface area (Å²) in [6.07, 6.45) is 6.63. The number of rotatable bonds is 2. The SMILES string of the molecule is C[C@H]1CCc2c(C(=O)Nn3cc(Br)cn3)csc2C1. The summed E-state index contributed by atoms with van der Waals surface area (Å²) >= 11 is 5.00. The van der Waals surface area contributed by atoms with Crippen LogP contribution in [0.5, 0.6) is 0 Å². The monoisotopic (exact) mass is 339 g/mol. The molecule has 0 unspecified atom stereocenters. The van der Waals surface area contributed by atoms with Crippen LogP contribution in [-0.4, -0.2) is 15.8 Å². The number of hydrogen-bond acceptors (Lipinski definition) is 3. The van der Waals surface area contributed by atoms with Crippen molar-refractivity contribution in [3.63, 3.8) is 0 Å². The van der Waals surface area contributed by atoms with Crippen molar-refractivity contribution >= 4 is 33.2 Å². The van der Waals surface area contributed by atoms with Crippen molar-refractivity contribution in [1.82, 2.24) is 9.89 Å². The third kappa shape index (κ3) is 2.60. The number of hydrogen-bond donors (Lipinski definition) is 1. The molecule has 0 saturated heterocycles. The molecule has 1 N–H and O–H groups in total. The summed E-state index contributed by atoms with van der Waals surface area (Å²) in [7, 11) is 0. The zero-order valence-corrected chi connectivity index (χ0v) is 12.9. The Kier molecular flexibility index (Phi) is 3.45. The molecule has 2 heterocycles. The Morgan fingerprint density at radius 2 is 2.47 bits per heavy atom. The van der Waals surface area contributed by atoms with E-state index in [2.05, 4.69) is 33.4 Å². The van der Waals surface area contributed by atoms with Crippen LogP contribution in [0, 0.1) is 5.92 Å². The van der Waals surface area contributed by atoms with Crippen LogP contribution in [0.25, 0.3) is 0 Å². The quantitative estimate of drug-likeness (QED) is 0.913. The van der Waals surface area contributed by atoms with Gasteiger partial charge in [-0.05, 0) is 46.7 Å². The second kappa shape index (κ2) is 5.09. The first-order valence-electron chi connectivity index (χ1n) is 6.24. The summed E-state index contributed by atoms with van der Waals surface area (Å²) in [5.41, 5.74) is 4.80. The fourth-order valence-electron chi connectivity index (χ4n) is 2.39. The standard InChI is InChI=1S/C13H14BrN3OS/c1-8-2-3-10-11(7-19-12(10)4-8)13(18)16-17-6-9(14)5-15-17/h5-8H,2-4H2,1H3,(H,16,18)/t8-/m0/s1. The molecule has 1 amide bonds. The first-order chi connectivity index (χ1) is 9.13. The minimum atomic E-state index is -0.0809. The van der Waals surface area contributed by atoms with Crippen LogP contribution in [0.4, 0.5) is 0 Å². The third-order valence-electron chi connectivity index (χ3n) is 3.41. The van der Waals surface area contributed by atoms with Gasteiger partial charge in [-0.1, -0.05) is 6.92 Å². The number of carbonyl (C=O) groups is 1. The van der Waals surface area contributed by atoms with E-state index in [1.54, 1.807) is 23.7 Å². The molecule has 0 aromatic carbocycles. The molecule has 0 aliphatic heterocycles. The van der Waals surface area contributed by atoms with E-state index in [0.29, 0.717) is 0 Å². The lowest BCUT2D eigenvalue weighted by Crippen LogP contribution is -2.24. The molecular formula is C13H14BrN3OS. The van der Waals surface area contributed by atoms with Gasteiger partial charge in [0.2, 0.25) is 0 Å². The van der Waals surface area contributed by atoms with Crippen molar-refractivity contribution in [2.75, 3.05) is 5.43 Å². The van der Waals surface area contributed by atoms with Gasteiger partial charge >= 0.3 is 0 Å². The van der Waals surface area contributed by atoms with E-state index < -0.39 is 0 Å². The number of aromatic nitrogens is 2. The second-order valence-electron chi connectivity index (χ2n) is 4.94. The molecule has 1 atom stereocenters. The van der Waals surface area contributed by atoms with Gasteiger partial charge in [-0.2, -0.15) is 9.89 Å². The van der Waals surface area contributed by atoms with E-state index in [4.69, 9.17) is 0 Å². The maximum atomic E-state index is 12.3. The minimum absolute atomic E-state index is 0.0809. The highest BCUT2D eigenvalue weighted by Crippen LogP contribution is 2.32. The smallest absolute Gasteiger partial charge is 0.267 e.